The fraction of sp³-hybridized carbons (Fsp3) is 0.500. The molecular weight excluding hydrogens is 302 g/mol. The zero-order chi connectivity index (χ0) is 16.3. The summed E-state index contributed by atoms with van der Waals surface area (Å²) in [5, 5.41) is 6.94. The molecule has 7 nitrogen and oxygen atoms in total. The van der Waals surface area contributed by atoms with E-state index >= 15 is 0 Å². The number of rotatable bonds is 7. The van der Waals surface area contributed by atoms with E-state index in [0.29, 0.717) is 11.8 Å². The number of ketones is 1. The number of aromatic nitrogens is 4. The number of aryl methyl sites for hydroxylation is 1. The average molecular weight is 323 g/mol. The zero-order valence-corrected chi connectivity index (χ0v) is 14.0. The highest BCUT2D eigenvalue weighted by molar-refractivity contribution is 7.99. The van der Waals surface area contributed by atoms with Crippen LogP contribution < -0.4 is 5.73 Å². The summed E-state index contributed by atoms with van der Waals surface area (Å²) in [6, 6.07) is 2.11. The third-order valence-electron chi connectivity index (χ3n) is 3.45. The van der Waals surface area contributed by atoms with Crippen LogP contribution in [0.5, 0.6) is 0 Å². The molecule has 0 aliphatic carbocycles. The lowest BCUT2D eigenvalue weighted by atomic mass is 10.2. The number of carbonyl (C=O) groups is 1. The number of hydrogen-bond donors (Lipinski definition) is 2. The van der Waals surface area contributed by atoms with Crippen molar-refractivity contribution in [2.75, 3.05) is 25.2 Å². The number of nitrogens with one attached hydrogen (secondary N) is 1. The Hall–Kier alpha value is -1.80. The van der Waals surface area contributed by atoms with Crippen molar-refractivity contribution >= 4 is 23.5 Å². The van der Waals surface area contributed by atoms with Crippen molar-refractivity contribution in [2.24, 2.45) is 0 Å². The summed E-state index contributed by atoms with van der Waals surface area (Å²) in [5.41, 5.74) is 8.21. The van der Waals surface area contributed by atoms with E-state index in [-0.39, 0.29) is 23.5 Å². The van der Waals surface area contributed by atoms with Gasteiger partial charge in [0.2, 0.25) is 11.1 Å². The maximum atomic E-state index is 12.4. The number of methoxy groups -OCH3 is 1. The van der Waals surface area contributed by atoms with Crippen LogP contribution in [0.2, 0.25) is 0 Å². The summed E-state index contributed by atoms with van der Waals surface area (Å²) in [7, 11) is 1.68. The third-order valence-corrected chi connectivity index (χ3v) is 4.30. The molecule has 0 unspecified atom stereocenters. The Morgan fingerprint density at radius 2 is 2.27 bits per heavy atom. The number of nitrogens with two attached hydrogens (primary N) is 1. The minimum absolute atomic E-state index is 0.0531. The molecule has 2 rings (SSSR count). The van der Waals surface area contributed by atoms with Gasteiger partial charge in [-0.1, -0.05) is 11.8 Å². The van der Waals surface area contributed by atoms with Gasteiger partial charge in [-0.05, 0) is 26.8 Å². The largest absolute Gasteiger partial charge is 0.383 e. The third kappa shape index (κ3) is 3.50. The molecule has 0 amide bonds. The second kappa shape index (κ2) is 6.97. The van der Waals surface area contributed by atoms with E-state index in [4.69, 9.17) is 10.5 Å². The molecule has 0 aromatic carbocycles. The Morgan fingerprint density at radius 1 is 1.55 bits per heavy atom. The molecule has 0 saturated carbocycles. The molecule has 2 aromatic heterocycles. The van der Waals surface area contributed by atoms with Gasteiger partial charge in [0, 0.05) is 24.1 Å². The van der Waals surface area contributed by atoms with Gasteiger partial charge in [-0.2, -0.15) is 4.98 Å². The average Bonchev–Trinajstić information content (AvgIpc) is 3.00. The summed E-state index contributed by atoms with van der Waals surface area (Å²) in [6.07, 6.45) is 0. The van der Waals surface area contributed by atoms with E-state index in [0.717, 1.165) is 17.0 Å². The molecule has 0 bridgehead atoms. The van der Waals surface area contributed by atoms with Gasteiger partial charge in [0.15, 0.2) is 5.78 Å². The molecule has 2 heterocycles. The van der Waals surface area contributed by atoms with Crippen LogP contribution in [0.3, 0.4) is 0 Å². The Bertz CT molecular complexity index is 664. The van der Waals surface area contributed by atoms with Crippen LogP contribution in [0, 0.1) is 13.8 Å². The maximum absolute atomic E-state index is 12.4. The fourth-order valence-corrected chi connectivity index (χ4v) is 3.27. The Kier molecular flexibility index (Phi) is 5.25. The standard InChI is InChI=1S/C14H21N5O2S/c1-8-5-11(10(3)19(8)9(2)6-21-4)12(20)7-22-14-16-13(15)17-18-14/h5,9H,6-7H2,1-4H3,(H3,15,16,17,18)/t9-/m1/s1. The number of nitrogen functional groups attached to an aromatic ring is 1. The second-order valence-electron chi connectivity index (χ2n) is 5.17. The first kappa shape index (κ1) is 16.6. The van der Waals surface area contributed by atoms with Crippen LogP contribution in [0.15, 0.2) is 11.2 Å². The number of carbonyl (C=O) groups excluding carboxylic acids is 1. The van der Waals surface area contributed by atoms with Gasteiger partial charge in [-0.15, -0.1) is 5.10 Å². The van der Waals surface area contributed by atoms with E-state index in [1.165, 1.54) is 11.8 Å². The van der Waals surface area contributed by atoms with Gasteiger partial charge < -0.3 is 15.0 Å². The van der Waals surface area contributed by atoms with Crippen LogP contribution in [-0.2, 0) is 4.74 Å². The summed E-state index contributed by atoms with van der Waals surface area (Å²) in [6.45, 7) is 6.64. The lowest BCUT2D eigenvalue weighted by molar-refractivity contribution is 0.102. The van der Waals surface area contributed by atoms with E-state index < -0.39 is 0 Å². The molecule has 0 aliphatic heterocycles. The SMILES string of the molecule is COC[C@@H](C)n1c(C)cc(C(=O)CSc2n[nH]c(N)n2)c1C. The number of H-pyrrole nitrogens is 1. The highest BCUT2D eigenvalue weighted by Gasteiger charge is 2.19. The molecule has 22 heavy (non-hydrogen) atoms. The number of anilines is 1. The van der Waals surface area contributed by atoms with Crippen LogP contribution >= 0.6 is 11.8 Å². The summed E-state index contributed by atoms with van der Waals surface area (Å²) in [5.74, 6) is 0.583. The number of Topliss-reactive ketones (excluding diaryl/α,β-unsaturated/α-hetero) is 1. The molecule has 0 spiro atoms. The first-order valence-corrected chi connectivity index (χ1v) is 7.93. The highest BCUT2D eigenvalue weighted by Crippen LogP contribution is 2.23. The number of hydrogen-bond acceptors (Lipinski definition) is 6. The van der Waals surface area contributed by atoms with Crippen LogP contribution in [0.25, 0.3) is 0 Å². The Labute approximate surface area is 133 Å². The first-order chi connectivity index (χ1) is 10.4. The smallest absolute Gasteiger partial charge is 0.216 e. The van der Waals surface area contributed by atoms with E-state index in [1.807, 2.05) is 19.9 Å². The molecule has 1 atom stereocenters. The lowest BCUT2D eigenvalue weighted by Gasteiger charge is -2.17. The van der Waals surface area contributed by atoms with E-state index in [2.05, 4.69) is 26.7 Å². The monoisotopic (exact) mass is 323 g/mol. The summed E-state index contributed by atoms with van der Waals surface area (Å²) in [4.78, 5) is 16.4. The topological polar surface area (TPSA) is 98.8 Å². The predicted octanol–water partition coefficient (Wildman–Crippen LogP) is 1.99. The number of nitrogens with zero attached hydrogens (tertiary/aromatic N) is 3. The van der Waals surface area contributed by atoms with Crippen molar-refractivity contribution in [1.82, 2.24) is 19.7 Å². The molecule has 0 aliphatic rings. The maximum Gasteiger partial charge on any atom is 0.216 e. The molecule has 3 N–H and O–H groups in total. The van der Waals surface area contributed by atoms with Crippen molar-refractivity contribution in [1.29, 1.82) is 0 Å². The molecule has 2 aromatic rings. The van der Waals surface area contributed by atoms with Crippen molar-refractivity contribution < 1.29 is 9.53 Å². The molecule has 0 saturated heterocycles. The van der Waals surface area contributed by atoms with Crippen LogP contribution in [0.4, 0.5) is 5.95 Å². The second-order valence-corrected chi connectivity index (χ2v) is 6.12. The number of aromatic amines is 1. The van der Waals surface area contributed by atoms with Crippen molar-refractivity contribution in [3.63, 3.8) is 0 Å². The first-order valence-electron chi connectivity index (χ1n) is 6.95. The van der Waals surface area contributed by atoms with Crippen LogP contribution in [0.1, 0.15) is 34.7 Å². The van der Waals surface area contributed by atoms with Gasteiger partial charge in [0.1, 0.15) is 0 Å². The normalized spacial score (nSPS) is 12.5. The van der Waals surface area contributed by atoms with Gasteiger partial charge in [-0.3, -0.25) is 4.79 Å². The van der Waals surface area contributed by atoms with Crippen molar-refractivity contribution in [2.45, 2.75) is 32.0 Å². The summed E-state index contributed by atoms with van der Waals surface area (Å²) < 4.78 is 7.33. The fourth-order valence-electron chi connectivity index (χ4n) is 2.58. The zero-order valence-electron chi connectivity index (χ0n) is 13.2. The summed E-state index contributed by atoms with van der Waals surface area (Å²) >= 11 is 1.27. The van der Waals surface area contributed by atoms with Crippen molar-refractivity contribution in [3.8, 4) is 0 Å². The minimum atomic E-state index is 0.0531. The molecule has 120 valence electrons. The molecule has 0 radical (unpaired) electrons. The van der Waals surface area contributed by atoms with E-state index in [1.54, 1.807) is 7.11 Å². The molecular formula is C14H21N5O2S. The number of thioether (sulfide) groups is 1. The molecule has 8 heteroatoms. The number of ether oxygens (including phenoxy) is 1. The highest BCUT2D eigenvalue weighted by atomic mass is 32.2. The van der Waals surface area contributed by atoms with Gasteiger partial charge in [0.05, 0.1) is 18.4 Å². The Balaban J connectivity index is 2.11. The van der Waals surface area contributed by atoms with Gasteiger partial charge in [-0.25, -0.2) is 5.10 Å². The molecule has 0 fully saturated rings. The van der Waals surface area contributed by atoms with E-state index in [9.17, 15) is 4.79 Å². The Morgan fingerprint density at radius 3 is 2.86 bits per heavy atom. The van der Waals surface area contributed by atoms with Crippen molar-refractivity contribution in [3.05, 3.63) is 23.0 Å². The minimum Gasteiger partial charge on any atom is -0.383 e. The quantitative estimate of drug-likeness (QED) is 0.597. The predicted molar refractivity (Wildman–Crippen MR) is 86.3 cm³/mol. The lowest BCUT2D eigenvalue weighted by Crippen LogP contribution is -2.14. The van der Waals surface area contributed by atoms with Crippen LogP contribution in [-0.4, -0.2) is 45.0 Å². The van der Waals surface area contributed by atoms with Gasteiger partial charge in [0.25, 0.3) is 0 Å². The van der Waals surface area contributed by atoms with Gasteiger partial charge >= 0.3 is 0 Å².